The van der Waals surface area contributed by atoms with Crippen LogP contribution >= 0.6 is 0 Å². The summed E-state index contributed by atoms with van der Waals surface area (Å²) in [7, 11) is 0. The van der Waals surface area contributed by atoms with Crippen molar-refractivity contribution in [1.29, 1.82) is 0 Å². The van der Waals surface area contributed by atoms with Crippen LogP contribution in [0.25, 0.3) is 0 Å². The van der Waals surface area contributed by atoms with E-state index in [1.807, 2.05) is 0 Å². The van der Waals surface area contributed by atoms with Crippen LogP contribution in [-0.4, -0.2) is 60.6 Å². The van der Waals surface area contributed by atoms with Gasteiger partial charge in [-0.1, -0.05) is 0 Å². The lowest BCUT2D eigenvalue weighted by molar-refractivity contribution is -0.150. The van der Waals surface area contributed by atoms with E-state index >= 15 is 0 Å². The summed E-state index contributed by atoms with van der Waals surface area (Å²) in [6.45, 7) is 9.71. The van der Waals surface area contributed by atoms with Gasteiger partial charge in [0.1, 0.15) is 0 Å². The average Bonchev–Trinajstić information content (AvgIpc) is 2.60. The molecule has 2 saturated heterocycles. The van der Waals surface area contributed by atoms with E-state index in [9.17, 15) is 4.79 Å². The number of likely N-dealkylation sites (tertiary alicyclic amines) is 1. The van der Waals surface area contributed by atoms with Crippen molar-refractivity contribution in [2.75, 3.05) is 32.7 Å². The molecule has 2 heterocycles. The van der Waals surface area contributed by atoms with Crippen molar-refractivity contribution in [1.82, 2.24) is 9.80 Å². The molecule has 0 aromatic rings. The lowest BCUT2D eigenvalue weighted by Crippen LogP contribution is -2.53. The molecule has 2 atom stereocenters. The molecule has 4 heteroatoms. The Morgan fingerprint density at radius 2 is 1.44 bits per heavy atom. The van der Waals surface area contributed by atoms with Gasteiger partial charge in [-0.05, 0) is 88.4 Å². The Balaban J connectivity index is 1.14. The van der Waals surface area contributed by atoms with E-state index in [0.717, 1.165) is 55.8 Å². The topological polar surface area (TPSA) is 32.8 Å². The average molecular weight is 375 g/mol. The van der Waals surface area contributed by atoms with Crippen LogP contribution in [0.4, 0.5) is 0 Å². The van der Waals surface area contributed by atoms with Gasteiger partial charge in [0.2, 0.25) is 5.91 Å². The Morgan fingerprint density at radius 1 is 0.889 bits per heavy atom. The molecule has 0 aromatic heterocycles. The molecule has 2 aliphatic heterocycles. The second-order valence-corrected chi connectivity index (χ2v) is 10.7. The Kier molecular flexibility index (Phi) is 5.00. The number of ether oxygens (including phenoxy) is 1. The molecular formula is C23H38N2O2. The quantitative estimate of drug-likeness (QED) is 0.759. The van der Waals surface area contributed by atoms with Crippen molar-refractivity contribution < 1.29 is 9.53 Å². The highest BCUT2D eigenvalue weighted by atomic mass is 16.5. The molecule has 0 radical (unpaired) electrons. The van der Waals surface area contributed by atoms with Crippen molar-refractivity contribution >= 4 is 5.91 Å². The zero-order valence-electron chi connectivity index (χ0n) is 17.3. The number of morpholine rings is 1. The molecule has 27 heavy (non-hydrogen) atoms. The maximum absolute atomic E-state index is 13.4. The normalized spacial score (nSPS) is 45.4. The minimum Gasteiger partial charge on any atom is -0.373 e. The predicted molar refractivity (Wildman–Crippen MR) is 106 cm³/mol. The Hall–Kier alpha value is -0.610. The molecule has 2 unspecified atom stereocenters. The van der Waals surface area contributed by atoms with E-state index in [1.54, 1.807) is 0 Å². The van der Waals surface area contributed by atoms with Crippen molar-refractivity contribution in [3.63, 3.8) is 0 Å². The van der Waals surface area contributed by atoms with Crippen LogP contribution in [0.3, 0.4) is 0 Å². The monoisotopic (exact) mass is 374 g/mol. The second-order valence-electron chi connectivity index (χ2n) is 10.7. The number of hydrogen-bond acceptors (Lipinski definition) is 3. The Bertz CT molecular complexity index is 519. The fourth-order valence-corrected chi connectivity index (χ4v) is 7.67. The summed E-state index contributed by atoms with van der Waals surface area (Å²) in [5.41, 5.74) is 0. The van der Waals surface area contributed by atoms with Gasteiger partial charge >= 0.3 is 0 Å². The van der Waals surface area contributed by atoms with Gasteiger partial charge in [-0.15, -0.1) is 0 Å². The number of hydrogen-bond donors (Lipinski definition) is 0. The first-order chi connectivity index (χ1) is 13.0. The molecule has 4 saturated carbocycles. The van der Waals surface area contributed by atoms with Crippen molar-refractivity contribution in [2.45, 2.75) is 71.0 Å². The standard InChI is InChI=1S/C23H38N2O2/c1-15-12-24(13-16(2)27-15)14-17-3-5-25(6-4-17)23(26)22-20-8-18-7-19(10-20)11-21(22)9-18/h15-22H,3-14H2,1-2H3. The molecule has 152 valence electrons. The lowest BCUT2D eigenvalue weighted by atomic mass is 9.51. The molecule has 6 fully saturated rings. The molecule has 6 rings (SSSR count). The highest BCUT2D eigenvalue weighted by Crippen LogP contribution is 2.57. The molecule has 4 nitrogen and oxygen atoms in total. The van der Waals surface area contributed by atoms with Crippen molar-refractivity contribution in [2.24, 2.45) is 35.5 Å². The SMILES string of the molecule is CC1CN(CC2CCN(C(=O)C3C4CC5CC(C4)CC3C5)CC2)CC(C)O1. The van der Waals surface area contributed by atoms with Crippen LogP contribution in [0.1, 0.15) is 58.8 Å². The number of piperidine rings is 1. The van der Waals surface area contributed by atoms with Gasteiger partial charge in [0.05, 0.1) is 12.2 Å². The first-order valence-corrected chi connectivity index (χ1v) is 11.7. The molecule has 0 aromatic carbocycles. The number of amides is 1. The van der Waals surface area contributed by atoms with Gasteiger partial charge in [-0.25, -0.2) is 0 Å². The summed E-state index contributed by atoms with van der Waals surface area (Å²) in [5, 5.41) is 0. The van der Waals surface area contributed by atoms with Gasteiger partial charge in [-0.2, -0.15) is 0 Å². The highest BCUT2D eigenvalue weighted by molar-refractivity contribution is 5.80. The fourth-order valence-electron chi connectivity index (χ4n) is 7.67. The van der Waals surface area contributed by atoms with Gasteiger partial charge in [0.15, 0.2) is 0 Å². The molecule has 4 aliphatic carbocycles. The molecule has 0 N–H and O–H groups in total. The molecule has 4 bridgehead atoms. The van der Waals surface area contributed by atoms with Crippen LogP contribution in [0, 0.1) is 35.5 Å². The first kappa shape index (κ1) is 18.4. The summed E-state index contributed by atoms with van der Waals surface area (Å²) in [5.74, 6) is 5.04. The van der Waals surface area contributed by atoms with Gasteiger partial charge < -0.3 is 9.64 Å². The van der Waals surface area contributed by atoms with E-state index in [0.29, 0.717) is 24.0 Å². The second kappa shape index (κ2) is 7.33. The maximum atomic E-state index is 13.4. The van der Waals surface area contributed by atoms with Crippen LogP contribution in [0.15, 0.2) is 0 Å². The number of carbonyl (C=O) groups excluding carboxylic acids is 1. The number of rotatable bonds is 3. The molecule has 0 spiro atoms. The fraction of sp³-hybridized carbons (Fsp3) is 0.957. The summed E-state index contributed by atoms with van der Waals surface area (Å²) < 4.78 is 5.87. The van der Waals surface area contributed by atoms with Crippen LogP contribution in [0.2, 0.25) is 0 Å². The third-order valence-corrected chi connectivity index (χ3v) is 8.45. The van der Waals surface area contributed by atoms with E-state index in [1.165, 1.54) is 51.5 Å². The summed E-state index contributed by atoms with van der Waals surface area (Å²) in [6.07, 6.45) is 9.98. The summed E-state index contributed by atoms with van der Waals surface area (Å²) in [4.78, 5) is 18.2. The third-order valence-electron chi connectivity index (χ3n) is 8.45. The van der Waals surface area contributed by atoms with Crippen LogP contribution in [-0.2, 0) is 9.53 Å². The van der Waals surface area contributed by atoms with E-state index in [2.05, 4.69) is 23.6 Å². The summed E-state index contributed by atoms with van der Waals surface area (Å²) >= 11 is 0. The Labute approximate surface area is 165 Å². The summed E-state index contributed by atoms with van der Waals surface area (Å²) in [6, 6.07) is 0. The predicted octanol–water partition coefficient (Wildman–Crippen LogP) is 3.41. The Morgan fingerprint density at radius 3 is 2.00 bits per heavy atom. The van der Waals surface area contributed by atoms with E-state index in [4.69, 9.17) is 4.74 Å². The first-order valence-electron chi connectivity index (χ1n) is 11.7. The molecular weight excluding hydrogens is 336 g/mol. The van der Waals surface area contributed by atoms with Gasteiger partial charge in [-0.3, -0.25) is 9.69 Å². The van der Waals surface area contributed by atoms with Crippen LogP contribution < -0.4 is 0 Å². The number of carbonyl (C=O) groups is 1. The van der Waals surface area contributed by atoms with Crippen molar-refractivity contribution in [3.8, 4) is 0 Å². The van der Waals surface area contributed by atoms with Crippen LogP contribution in [0.5, 0.6) is 0 Å². The minimum absolute atomic E-state index is 0.354. The molecule has 6 aliphatic rings. The van der Waals surface area contributed by atoms with E-state index < -0.39 is 0 Å². The van der Waals surface area contributed by atoms with E-state index in [-0.39, 0.29) is 0 Å². The van der Waals surface area contributed by atoms with Gasteiger partial charge in [0.25, 0.3) is 0 Å². The minimum atomic E-state index is 0.354. The zero-order valence-corrected chi connectivity index (χ0v) is 17.3. The third kappa shape index (κ3) is 3.69. The largest absolute Gasteiger partial charge is 0.373 e. The highest BCUT2D eigenvalue weighted by Gasteiger charge is 2.51. The molecule has 1 amide bonds. The van der Waals surface area contributed by atoms with Gasteiger partial charge in [0, 0.05) is 38.6 Å². The smallest absolute Gasteiger partial charge is 0.226 e. The maximum Gasteiger partial charge on any atom is 0.226 e. The van der Waals surface area contributed by atoms with Crippen molar-refractivity contribution in [3.05, 3.63) is 0 Å². The lowest BCUT2D eigenvalue weighted by Gasteiger charge is -2.54. The zero-order chi connectivity index (χ0) is 18.5. The number of nitrogens with zero attached hydrogens (tertiary/aromatic N) is 2.